The Morgan fingerprint density at radius 1 is 1.21 bits per heavy atom. The van der Waals surface area contributed by atoms with Crippen LogP contribution < -0.4 is 0 Å². The first kappa shape index (κ1) is 8.69. The number of nitrogens with zero attached hydrogens (tertiary/aromatic N) is 2. The van der Waals surface area contributed by atoms with Crippen molar-refractivity contribution < 1.29 is 5.21 Å². The Hall–Kier alpha value is -1.90. The fourth-order valence-electron chi connectivity index (χ4n) is 1.36. The smallest absolute Gasteiger partial charge is 0.0705 e. The summed E-state index contributed by atoms with van der Waals surface area (Å²) in [5.41, 5.74) is 1.87. The summed E-state index contributed by atoms with van der Waals surface area (Å²) in [5, 5.41) is 12.4. The summed E-state index contributed by atoms with van der Waals surface area (Å²) >= 11 is 0. The number of hydrogen-bond donors (Lipinski definition) is 1. The van der Waals surface area contributed by atoms with Crippen LogP contribution in [-0.2, 0) is 6.42 Å². The van der Waals surface area contributed by atoms with E-state index in [2.05, 4.69) is 10.1 Å². The molecule has 14 heavy (non-hydrogen) atoms. The van der Waals surface area contributed by atoms with Crippen molar-refractivity contribution in [3.8, 4) is 0 Å². The zero-order valence-electron chi connectivity index (χ0n) is 7.59. The van der Waals surface area contributed by atoms with Crippen molar-refractivity contribution in [1.29, 1.82) is 0 Å². The molecule has 1 aromatic heterocycles. The molecule has 1 aromatic carbocycles. The first-order chi connectivity index (χ1) is 6.90. The minimum absolute atomic E-state index is 0.557. The molecule has 0 unspecified atom stereocenters. The fourth-order valence-corrected chi connectivity index (χ4v) is 1.36. The van der Waals surface area contributed by atoms with Gasteiger partial charge >= 0.3 is 0 Å². The van der Waals surface area contributed by atoms with Crippen molar-refractivity contribution in [2.75, 3.05) is 0 Å². The van der Waals surface area contributed by atoms with Crippen LogP contribution in [-0.4, -0.2) is 16.4 Å². The van der Waals surface area contributed by atoms with Crippen molar-refractivity contribution in [1.82, 2.24) is 4.98 Å². The number of aromatic nitrogens is 1. The fraction of sp³-hybridized carbons (Fsp3) is 0.0909. The van der Waals surface area contributed by atoms with Crippen molar-refractivity contribution in [3.05, 3.63) is 42.1 Å². The van der Waals surface area contributed by atoms with E-state index in [1.807, 2.05) is 36.4 Å². The molecular weight excluding hydrogens is 176 g/mol. The summed E-state index contributed by atoms with van der Waals surface area (Å²) in [6, 6.07) is 11.9. The SMILES string of the molecule is O/N=C/Cc1ccc2ccccc2n1. The average Bonchev–Trinajstić information content (AvgIpc) is 2.26. The van der Waals surface area contributed by atoms with Crippen LogP contribution in [0.2, 0.25) is 0 Å². The van der Waals surface area contributed by atoms with Gasteiger partial charge in [0.2, 0.25) is 0 Å². The Kier molecular flexibility index (Phi) is 2.40. The molecule has 0 saturated heterocycles. The molecule has 0 fully saturated rings. The van der Waals surface area contributed by atoms with Crippen LogP contribution in [0.1, 0.15) is 5.69 Å². The maximum atomic E-state index is 8.28. The largest absolute Gasteiger partial charge is 0.411 e. The molecule has 0 saturated carbocycles. The van der Waals surface area contributed by atoms with E-state index in [9.17, 15) is 0 Å². The highest BCUT2D eigenvalue weighted by Crippen LogP contribution is 2.11. The molecule has 0 spiro atoms. The molecule has 0 bridgehead atoms. The second-order valence-electron chi connectivity index (χ2n) is 3.00. The Bertz CT molecular complexity index is 466. The van der Waals surface area contributed by atoms with Gasteiger partial charge in [0.05, 0.1) is 5.52 Å². The van der Waals surface area contributed by atoms with Crippen molar-refractivity contribution in [3.63, 3.8) is 0 Å². The molecule has 0 amide bonds. The molecule has 2 rings (SSSR count). The monoisotopic (exact) mass is 186 g/mol. The van der Waals surface area contributed by atoms with E-state index >= 15 is 0 Å². The Morgan fingerprint density at radius 3 is 2.93 bits per heavy atom. The zero-order chi connectivity index (χ0) is 9.80. The molecular formula is C11H10N2O. The maximum Gasteiger partial charge on any atom is 0.0705 e. The topological polar surface area (TPSA) is 45.5 Å². The summed E-state index contributed by atoms with van der Waals surface area (Å²) in [6.45, 7) is 0. The van der Waals surface area contributed by atoms with E-state index in [4.69, 9.17) is 5.21 Å². The van der Waals surface area contributed by atoms with E-state index in [-0.39, 0.29) is 0 Å². The Morgan fingerprint density at radius 2 is 2.07 bits per heavy atom. The van der Waals surface area contributed by atoms with E-state index in [1.165, 1.54) is 6.21 Å². The highest BCUT2D eigenvalue weighted by molar-refractivity contribution is 5.78. The minimum Gasteiger partial charge on any atom is -0.411 e. The summed E-state index contributed by atoms with van der Waals surface area (Å²) < 4.78 is 0. The molecule has 1 heterocycles. The summed E-state index contributed by atoms with van der Waals surface area (Å²) in [4.78, 5) is 4.41. The lowest BCUT2D eigenvalue weighted by atomic mass is 10.2. The number of rotatable bonds is 2. The van der Waals surface area contributed by atoms with Crippen LogP contribution in [0.3, 0.4) is 0 Å². The summed E-state index contributed by atoms with van der Waals surface area (Å²) in [7, 11) is 0. The second kappa shape index (κ2) is 3.87. The molecule has 1 N–H and O–H groups in total. The van der Waals surface area contributed by atoms with Crippen LogP contribution in [0.5, 0.6) is 0 Å². The second-order valence-corrected chi connectivity index (χ2v) is 3.00. The first-order valence-electron chi connectivity index (χ1n) is 4.41. The standard InChI is InChI=1S/C11H10N2O/c14-12-8-7-10-6-5-9-3-1-2-4-11(9)13-10/h1-6,8,14H,7H2/b12-8+. The van der Waals surface area contributed by atoms with E-state index in [0.717, 1.165) is 16.6 Å². The van der Waals surface area contributed by atoms with Crippen molar-refractivity contribution in [2.45, 2.75) is 6.42 Å². The summed E-state index contributed by atoms with van der Waals surface area (Å²) in [6.07, 6.45) is 1.98. The van der Waals surface area contributed by atoms with E-state index in [0.29, 0.717) is 6.42 Å². The highest BCUT2D eigenvalue weighted by Gasteiger charge is 1.95. The third-order valence-corrected chi connectivity index (χ3v) is 2.04. The number of fused-ring (bicyclic) bond motifs is 1. The predicted molar refractivity (Wildman–Crippen MR) is 55.7 cm³/mol. The number of pyridine rings is 1. The van der Waals surface area contributed by atoms with Gasteiger partial charge in [-0.2, -0.15) is 0 Å². The van der Waals surface area contributed by atoms with Gasteiger partial charge < -0.3 is 5.21 Å². The normalized spacial score (nSPS) is 11.1. The van der Waals surface area contributed by atoms with Gasteiger partial charge in [-0.3, -0.25) is 4.98 Å². The van der Waals surface area contributed by atoms with E-state index in [1.54, 1.807) is 0 Å². The molecule has 3 nitrogen and oxygen atoms in total. The molecule has 0 aliphatic rings. The van der Waals surface area contributed by atoms with Gasteiger partial charge in [-0.05, 0) is 12.1 Å². The van der Waals surface area contributed by atoms with Crippen LogP contribution in [0.15, 0.2) is 41.6 Å². The van der Waals surface area contributed by atoms with Crippen LogP contribution in [0.25, 0.3) is 10.9 Å². The van der Waals surface area contributed by atoms with Crippen molar-refractivity contribution in [2.24, 2.45) is 5.16 Å². The van der Waals surface area contributed by atoms with Crippen LogP contribution in [0.4, 0.5) is 0 Å². The Labute approximate surface area is 81.7 Å². The molecule has 0 atom stereocenters. The van der Waals surface area contributed by atoms with Gasteiger partial charge in [-0.1, -0.05) is 24.3 Å². The van der Waals surface area contributed by atoms with Gasteiger partial charge in [0.15, 0.2) is 0 Å². The first-order valence-corrected chi connectivity index (χ1v) is 4.41. The predicted octanol–water partition coefficient (Wildman–Crippen LogP) is 2.24. The van der Waals surface area contributed by atoms with Gasteiger partial charge in [0.1, 0.15) is 0 Å². The third-order valence-electron chi connectivity index (χ3n) is 2.04. The molecule has 3 heteroatoms. The minimum atomic E-state index is 0.557. The van der Waals surface area contributed by atoms with Crippen molar-refractivity contribution >= 4 is 17.1 Å². The van der Waals surface area contributed by atoms with Gasteiger partial charge in [-0.15, -0.1) is 5.16 Å². The van der Waals surface area contributed by atoms with Gasteiger partial charge in [0.25, 0.3) is 0 Å². The lowest BCUT2D eigenvalue weighted by Gasteiger charge is -1.98. The number of benzene rings is 1. The average molecular weight is 186 g/mol. The quantitative estimate of drug-likeness (QED) is 0.444. The number of para-hydroxylation sites is 1. The summed E-state index contributed by atoms with van der Waals surface area (Å²) in [5.74, 6) is 0. The molecule has 70 valence electrons. The molecule has 2 aromatic rings. The molecule has 0 radical (unpaired) electrons. The maximum absolute atomic E-state index is 8.28. The lowest BCUT2D eigenvalue weighted by Crippen LogP contribution is -1.91. The zero-order valence-corrected chi connectivity index (χ0v) is 7.59. The number of oxime groups is 1. The highest BCUT2D eigenvalue weighted by atomic mass is 16.4. The Balaban J connectivity index is 2.41. The van der Waals surface area contributed by atoms with Crippen LogP contribution in [0, 0.1) is 0 Å². The number of hydrogen-bond acceptors (Lipinski definition) is 3. The van der Waals surface area contributed by atoms with Gasteiger partial charge in [-0.25, -0.2) is 0 Å². The lowest BCUT2D eigenvalue weighted by molar-refractivity contribution is 0.320. The van der Waals surface area contributed by atoms with Crippen LogP contribution >= 0.6 is 0 Å². The molecule has 0 aliphatic heterocycles. The third kappa shape index (κ3) is 1.71. The van der Waals surface area contributed by atoms with Gasteiger partial charge in [0, 0.05) is 23.7 Å². The van der Waals surface area contributed by atoms with E-state index < -0.39 is 0 Å². The molecule has 0 aliphatic carbocycles.